The van der Waals surface area contributed by atoms with Gasteiger partial charge >= 0.3 is 6.09 Å². The van der Waals surface area contributed by atoms with Crippen molar-refractivity contribution < 1.29 is 23.4 Å². The molecule has 1 aliphatic heterocycles. The Morgan fingerprint density at radius 3 is 2.78 bits per heavy atom. The molecule has 3 heterocycles. The van der Waals surface area contributed by atoms with Gasteiger partial charge in [-0.3, -0.25) is 0 Å². The van der Waals surface area contributed by atoms with E-state index in [0.717, 1.165) is 10.5 Å². The second kappa shape index (κ2) is 9.80. The number of hydrogen-bond donors (Lipinski definition) is 3. The molecule has 1 amide bonds. The molecule has 0 aliphatic carbocycles. The smallest absolute Gasteiger partial charge is 0.407 e. The minimum absolute atomic E-state index is 0.0212. The molecule has 0 bridgehead atoms. The van der Waals surface area contributed by atoms with Gasteiger partial charge in [-0.1, -0.05) is 12.1 Å². The Balaban J connectivity index is 1.46. The Morgan fingerprint density at radius 1 is 1.16 bits per heavy atom. The number of carbonyl (C=O) groups is 1. The van der Waals surface area contributed by atoms with Crippen molar-refractivity contribution in [3.8, 4) is 22.9 Å². The van der Waals surface area contributed by atoms with Gasteiger partial charge in [0.2, 0.25) is 11.8 Å². The van der Waals surface area contributed by atoms with E-state index in [1.807, 2.05) is 6.92 Å². The molecule has 1 aliphatic rings. The van der Waals surface area contributed by atoms with Crippen LogP contribution < -0.4 is 15.8 Å². The predicted octanol–water partition coefficient (Wildman–Crippen LogP) is 4.41. The first-order valence-corrected chi connectivity index (χ1v) is 11.5. The van der Waals surface area contributed by atoms with Gasteiger partial charge in [0.1, 0.15) is 17.7 Å². The zero-order valence-corrected chi connectivity index (χ0v) is 19.7. The molecule has 37 heavy (non-hydrogen) atoms. The number of ether oxygens (including phenoxy) is 1. The summed E-state index contributed by atoms with van der Waals surface area (Å²) in [6, 6.07) is 9.21. The van der Waals surface area contributed by atoms with Crippen molar-refractivity contribution in [3.63, 3.8) is 0 Å². The molecular formula is C25H23F2N7O3. The van der Waals surface area contributed by atoms with Crippen molar-refractivity contribution in [2.24, 2.45) is 0 Å². The highest BCUT2D eigenvalue weighted by molar-refractivity contribution is 5.98. The first-order chi connectivity index (χ1) is 17.8. The lowest BCUT2D eigenvalue weighted by Crippen LogP contribution is -2.49. The highest BCUT2D eigenvalue weighted by atomic mass is 19.1. The third-order valence-corrected chi connectivity index (χ3v) is 6.16. The number of nitrogens with one attached hydrogen (secondary N) is 1. The number of carboxylic acid groups (broad SMARTS) is 1. The molecule has 2 atom stereocenters. The number of fused-ring (bicyclic) bond motifs is 1. The van der Waals surface area contributed by atoms with Crippen molar-refractivity contribution in [2.75, 3.05) is 24.1 Å². The van der Waals surface area contributed by atoms with Gasteiger partial charge in [-0.15, -0.1) is 5.10 Å². The molecule has 0 saturated carbocycles. The SMILES string of the molecule is Cc1ccc2c(N)c(F)ccc2c1Oc1nnccc1-c1ccnc(N[C@H]2CC(F)CN(C(=O)O)C2)n1. The molecule has 10 nitrogen and oxygen atoms in total. The number of benzene rings is 2. The molecule has 0 spiro atoms. The molecule has 190 valence electrons. The summed E-state index contributed by atoms with van der Waals surface area (Å²) in [5.41, 5.74) is 7.70. The maximum Gasteiger partial charge on any atom is 0.407 e. The third-order valence-electron chi connectivity index (χ3n) is 6.16. The fourth-order valence-corrected chi connectivity index (χ4v) is 4.36. The summed E-state index contributed by atoms with van der Waals surface area (Å²) in [4.78, 5) is 21.1. The van der Waals surface area contributed by atoms with Crippen LogP contribution in [0.5, 0.6) is 11.6 Å². The maximum absolute atomic E-state index is 14.1. The molecule has 2 aromatic heterocycles. The monoisotopic (exact) mass is 507 g/mol. The van der Waals surface area contributed by atoms with E-state index in [4.69, 9.17) is 10.5 Å². The van der Waals surface area contributed by atoms with Crippen molar-refractivity contribution in [3.05, 3.63) is 60.2 Å². The Bertz CT molecular complexity index is 1490. The normalized spacial score (nSPS) is 17.5. The number of hydrogen-bond acceptors (Lipinski definition) is 8. The van der Waals surface area contributed by atoms with Crippen molar-refractivity contribution in [2.45, 2.75) is 25.6 Å². The van der Waals surface area contributed by atoms with E-state index in [1.54, 1.807) is 30.3 Å². The molecule has 12 heteroatoms. The zero-order valence-electron chi connectivity index (χ0n) is 19.7. The lowest BCUT2D eigenvalue weighted by molar-refractivity contribution is 0.102. The second-order valence-electron chi connectivity index (χ2n) is 8.75. The van der Waals surface area contributed by atoms with Crippen LogP contribution in [0.25, 0.3) is 22.0 Å². The molecule has 1 saturated heterocycles. The molecule has 2 aromatic carbocycles. The van der Waals surface area contributed by atoms with Crippen LogP contribution in [0.4, 0.5) is 25.2 Å². The number of aromatic nitrogens is 4. The van der Waals surface area contributed by atoms with Crippen molar-refractivity contribution in [1.82, 2.24) is 25.1 Å². The van der Waals surface area contributed by atoms with Crippen LogP contribution in [-0.4, -0.2) is 61.6 Å². The van der Waals surface area contributed by atoms with Crippen LogP contribution in [-0.2, 0) is 0 Å². The largest absolute Gasteiger partial charge is 0.465 e. The fraction of sp³-hybridized carbons (Fsp3) is 0.240. The minimum atomic E-state index is -1.29. The van der Waals surface area contributed by atoms with Crippen LogP contribution >= 0.6 is 0 Å². The molecule has 5 rings (SSSR count). The van der Waals surface area contributed by atoms with Crippen LogP contribution in [0, 0.1) is 12.7 Å². The highest BCUT2D eigenvalue weighted by Crippen LogP contribution is 2.38. The van der Waals surface area contributed by atoms with E-state index in [1.165, 1.54) is 18.5 Å². The number of nitrogens with two attached hydrogens (primary N) is 1. The average Bonchev–Trinajstić information content (AvgIpc) is 2.88. The number of halogens is 2. The minimum Gasteiger partial charge on any atom is -0.465 e. The molecule has 1 unspecified atom stereocenters. The van der Waals surface area contributed by atoms with Gasteiger partial charge in [-0.05, 0) is 36.8 Å². The summed E-state index contributed by atoms with van der Waals surface area (Å²) in [5.74, 6) is 0.286. The third kappa shape index (κ3) is 4.90. The Hall–Kier alpha value is -4.61. The molecule has 4 N–H and O–H groups in total. The van der Waals surface area contributed by atoms with Gasteiger partial charge in [-0.25, -0.2) is 23.5 Å². The average molecular weight is 508 g/mol. The number of rotatable bonds is 5. The first-order valence-electron chi connectivity index (χ1n) is 11.5. The van der Waals surface area contributed by atoms with E-state index in [2.05, 4.69) is 25.5 Å². The summed E-state index contributed by atoms with van der Waals surface area (Å²) in [6.45, 7) is 1.79. The van der Waals surface area contributed by atoms with Gasteiger partial charge in [0, 0.05) is 36.0 Å². The lowest BCUT2D eigenvalue weighted by Gasteiger charge is -2.33. The summed E-state index contributed by atoms with van der Waals surface area (Å²) < 4.78 is 34.3. The Labute approximate surface area is 210 Å². The topological polar surface area (TPSA) is 139 Å². The summed E-state index contributed by atoms with van der Waals surface area (Å²) in [5, 5.41) is 21.5. The van der Waals surface area contributed by atoms with Crippen LogP contribution in [0.3, 0.4) is 0 Å². The van der Waals surface area contributed by atoms with Crippen LogP contribution in [0.15, 0.2) is 48.8 Å². The molecule has 0 radical (unpaired) electrons. The summed E-state index contributed by atoms with van der Waals surface area (Å²) >= 11 is 0. The Kier molecular flexibility index (Phi) is 6.38. The number of piperidine rings is 1. The highest BCUT2D eigenvalue weighted by Gasteiger charge is 2.30. The zero-order chi connectivity index (χ0) is 26.1. The lowest BCUT2D eigenvalue weighted by atomic mass is 10.0. The number of anilines is 2. The van der Waals surface area contributed by atoms with Crippen LogP contribution in [0.1, 0.15) is 12.0 Å². The second-order valence-corrected chi connectivity index (χ2v) is 8.75. The number of likely N-dealkylation sites (tertiary alicyclic amines) is 1. The van der Waals surface area contributed by atoms with E-state index in [0.29, 0.717) is 27.8 Å². The number of nitrogens with zero attached hydrogens (tertiary/aromatic N) is 5. The summed E-state index contributed by atoms with van der Waals surface area (Å²) in [7, 11) is 0. The molecule has 1 fully saturated rings. The number of amides is 1. The van der Waals surface area contributed by atoms with E-state index in [9.17, 15) is 18.7 Å². The maximum atomic E-state index is 14.1. The van der Waals surface area contributed by atoms with Crippen molar-refractivity contribution in [1.29, 1.82) is 0 Å². The van der Waals surface area contributed by atoms with Crippen molar-refractivity contribution >= 4 is 28.5 Å². The summed E-state index contributed by atoms with van der Waals surface area (Å²) in [6.07, 6.45) is 0.669. The first kappa shape index (κ1) is 24.1. The van der Waals surface area contributed by atoms with Gasteiger partial charge < -0.3 is 25.8 Å². The number of nitrogen functional groups attached to an aromatic ring is 1. The number of alkyl halides is 1. The van der Waals surface area contributed by atoms with E-state index in [-0.39, 0.29) is 37.0 Å². The standard InChI is InChI=1S/C25H23F2N7O3/c1-13-2-3-16-17(4-5-19(27)21(16)28)22(13)37-23-18(6-9-30-33-23)20-7-8-29-24(32-20)31-15-10-14(26)11-34(12-15)25(35)36/h2-9,14-15H,10-12,28H2,1H3,(H,35,36)(H,29,31,32)/t14?,15-/m0/s1. The van der Waals surface area contributed by atoms with Gasteiger partial charge in [0.05, 0.1) is 29.7 Å². The molecular weight excluding hydrogens is 484 g/mol. The fourth-order valence-electron chi connectivity index (χ4n) is 4.36. The Morgan fingerprint density at radius 2 is 1.97 bits per heavy atom. The molecule has 4 aromatic rings. The van der Waals surface area contributed by atoms with Gasteiger partial charge in [0.25, 0.3) is 0 Å². The van der Waals surface area contributed by atoms with E-state index < -0.39 is 24.1 Å². The van der Waals surface area contributed by atoms with Gasteiger partial charge in [-0.2, -0.15) is 5.10 Å². The quantitative estimate of drug-likeness (QED) is 0.335. The predicted molar refractivity (Wildman–Crippen MR) is 133 cm³/mol. The van der Waals surface area contributed by atoms with Crippen LogP contribution in [0.2, 0.25) is 0 Å². The van der Waals surface area contributed by atoms with E-state index >= 15 is 0 Å². The van der Waals surface area contributed by atoms with Gasteiger partial charge in [0.15, 0.2) is 0 Å². The number of aryl methyl sites for hydroxylation is 1.